The van der Waals surface area contributed by atoms with Crippen LogP contribution in [0.2, 0.25) is 0 Å². The first-order valence-corrected chi connectivity index (χ1v) is 9.00. The summed E-state index contributed by atoms with van der Waals surface area (Å²) in [5.74, 6) is 1.66. The Labute approximate surface area is 149 Å². The van der Waals surface area contributed by atoms with Crippen LogP contribution in [0.4, 0.5) is 0 Å². The van der Waals surface area contributed by atoms with Crippen LogP contribution in [0.5, 0.6) is 0 Å². The van der Waals surface area contributed by atoms with Crippen LogP contribution in [0, 0.1) is 0 Å². The SMILES string of the molecule is Cn1nc(-c2cccc3c2sc2ccccc23)nc1-c1ccccc1. The monoisotopic (exact) mass is 341 g/mol. The fourth-order valence-electron chi connectivity index (χ4n) is 3.26. The van der Waals surface area contributed by atoms with Crippen molar-refractivity contribution in [2.45, 2.75) is 0 Å². The third-order valence-corrected chi connectivity index (χ3v) is 5.66. The van der Waals surface area contributed by atoms with Crippen molar-refractivity contribution < 1.29 is 0 Å². The molecule has 5 aromatic rings. The van der Waals surface area contributed by atoms with Gasteiger partial charge in [-0.15, -0.1) is 11.3 Å². The van der Waals surface area contributed by atoms with Gasteiger partial charge in [-0.2, -0.15) is 5.10 Å². The highest BCUT2D eigenvalue weighted by Gasteiger charge is 2.15. The molecular weight excluding hydrogens is 326 g/mol. The molecule has 2 heterocycles. The number of benzene rings is 3. The number of aromatic nitrogens is 3. The fourth-order valence-corrected chi connectivity index (χ4v) is 4.47. The average molecular weight is 341 g/mol. The van der Waals surface area contributed by atoms with Gasteiger partial charge in [0.05, 0.1) is 0 Å². The minimum Gasteiger partial charge on any atom is -0.248 e. The van der Waals surface area contributed by atoms with Crippen molar-refractivity contribution in [3.05, 3.63) is 72.8 Å². The molecule has 25 heavy (non-hydrogen) atoms. The topological polar surface area (TPSA) is 30.7 Å². The molecule has 0 amide bonds. The number of rotatable bonds is 2. The van der Waals surface area contributed by atoms with Gasteiger partial charge in [0.15, 0.2) is 11.6 Å². The molecule has 120 valence electrons. The summed E-state index contributed by atoms with van der Waals surface area (Å²) in [5, 5.41) is 7.25. The van der Waals surface area contributed by atoms with E-state index in [1.165, 1.54) is 20.2 Å². The summed E-state index contributed by atoms with van der Waals surface area (Å²) in [7, 11) is 1.95. The molecule has 4 heteroatoms. The van der Waals surface area contributed by atoms with Crippen LogP contribution in [-0.2, 0) is 7.05 Å². The number of fused-ring (bicyclic) bond motifs is 3. The lowest BCUT2D eigenvalue weighted by Crippen LogP contribution is -1.94. The van der Waals surface area contributed by atoms with Gasteiger partial charge in [0.2, 0.25) is 0 Å². The summed E-state index contributed by atoms with van der Waals surface area (Å²) >= 11 is 1.80. The molecule has 0 aliphatic rings. The molecule has 0 N–H and O–H groups in total. The quantitative estimate of drug-likeness (QED) is 0.423. The maximum absolute atomic E-state index is 4.83. The lowest BCUT2D eigenvalue weighted by atomic mass is 10.1. The average Bonchev–Trinajstić information content (AvgIpc) is 3.23. The minimum atomic E-state index is 0.776. The van der Waals surface area contributed by atoms with Gasteiger partial charge in [-0.05, 0) is 12.1 Å². The zero-order chi connectivity index (χ0) is 16.8. The van der Waals surface area contributed by atoms with Crippen LogP contribution in [0.25, 0.3) is 42.9 Å². The van der Waals surface area contributed by atoms with E-state index < -0.39 is 0 Å². The second kappa shape index (κ2) is 5.53. The maximum Gasteiger partial charge on any atom is 0.183 e. The van der Waals surface area contributed by atoms with Crippen molar-refractivity contribution in [2.24, 2.45) is 7.05 Å². The minimum absolute atomic E-state index is 0.776. The third-order valence-electron chi connectivity index (χ3n) is 4.44. The summed E-state index contributed by atoms with van der Waals surface area (Å²) in [5.41, 5.74) is 2.17. The second-order valence-electron chi connectivity index (χ2n) is 6.03. The van der Waals surface area contributed by atoms with E-state index in [1.807, 2.05) is 29.9 Å². The third kappa shape index (κ3) is 2.26. The highest BCUT2D eigenvalue weighted by Crippen LogP contribution is 2.39. The number of thiophene rings is 1. The van der Waals surface area contributed by atoms with Gasteiger partial charge in [-0.3, -0.25) is 0 Å². The number of nitrogens with zero attached hydrogens (tertiary/aromatic N) is 3. The van der Waals surface area contributed by atoms with E-state index in [9.17, 15) is 0 Å². The molecule has 3 nitrogen and oxygen atoms in total. The van der Waals surface area contributed by atoms with Gasteiger partial charge < -0.3 is 0 Å². The first kappa shape index (κ1) is 14.4. The Morgan fingerprint density at radius 2 is 1.56 bits per heavy atom. The van der Waals surface area contributed by atoms with Gasteiger partial charge >= 0.3 is 0 Å². The van der Waals surface area contributed by atoms with Gasteiger partial charge in [0, 0.05) is 38.3 Å². The van der Waals surface area contributed by atoms with Gasteiger partial charge in [0.1, 0.15) is 0 Å². The highest BCUT2D eigenvalue weighted by atomic mass is 32.1. The molecule has 2 aromatic heterocycles. The first-order valence-electron chi connectivity index (χ1n) is 8.18. The van der Waals surface area contributed by atoms with Crippen LogP contribution in [-0.4, -0.2) is 14.8 Å². The number of hydrogen-bond donors (Lipinski definition) is 0. The van der Waals surface area contributed by atoms with Gasteiger partial charge in [0.25, 0.3) is 0 Å². The smallest absolute Gasteiger partial charge is 0.183 e. The second-order valence-corrected chi connectivity index (χ2v) is 7.08. The van der Waals surface area contributed by atoms with Crippen molar-refractivity contribution in [1.82, 2.24) is 14.8 Å². The van der Waals surface area contributed by atoms with Gasteiger partial charge in [-0.1, -0.05) is 60.7 Å². The molecule has 0 aliphatic heterocycles. The zero-order valence-corrected chi connectivity index (χ0v) is 14.5. The Morgan fingerprint density at radius 1 is 0.800 bits per heavy atom. The van der Waals surface area contributed by atoms with Crippen LogP contribution < -0.4 is 0 Å². The van der Waals surface area contributed by atoms with E-state index in [2.05, 4.69) is 59.7 Å². The Bertz CT molecular complexity index is 1200. The predicted molar refractivity (Wildman–Crippen MR) is 105 cm³/mol. The molecule has 0 aliphatic carbocycles. The lowest BCUT2D eigenvalue weighted by Gasteiger charge is -1.98. The zero-order valence-electron chi connectivity index (χ0n) is 13.7. The van der Waals surface area contributed by atoms with Crippen LogP contribution in [0.1, 0.15) is 0 Å². The van der Waals surface area contributed by atoms with E-state index in [-0.39, 0.29) is 0 Å². The van der Waals surface area contributed by atoms with Crippen molar-refractivity contribution >= 4 is 31.5 Å². The normalized spacial score (nSPS) is 11.4. The van der Waals surface area contributed by atoms with E-state index >= 15 is 0 Å². The summed E-state index contributed by atoms with van der Waals surface area (Å²) in [6, 6.07) is 25.1. The first-order chi connectivity index (χ1) is 12.3. The largest absolute Gasteiger partial charge is 0.248 e. The molecule has 5 rings (SSSR count). The van der Waals surface area contributed by atoms with Crippen molar-refractivity contribution in [2.75, 3.05) is 0 Å². The molecule has 0 bridgehead atoms. The van der Waals surface area contributed by atoms with Crippen LogP contribution in [0.3, 0.4) is 0 Å². The summed E-state index contributed by atoms with van der Waals surface area (Å²) in [4.78, 5) is 4.83. The number of aryl methyl sites for hydroxylation is 1. The van der Waals surface area contributed by atoms with Crippen LogP contribution in [0.15, 0.2) is 72.8 Å². The summed E-state index contributed by atoms with van der Waals surface area (Å²) in [6.45, 7) is 0. The molecule has 0 spiro atoms. The molecule has 0 radical (unpaired) electrons. The highest BCUT2D eigenvalue weighted by molar-refractivity contribution is 7.26. The van der Waals surface area contributed by atoms with Crippen molar-refractivity contribution in [3.63, 3.8) is 0 Å². The van der Waals surface area contributed by atoms with Crippen LogP contribution >= 0.6 is 11.3 Å². The number of hydrogen-bond acceptors (Lipinski definition) is 3. The van der Waals surface area contributed by atoms with Crippen molar-refractivity contribution in [1.29, 1.82) is 0 Å². The molecule has 0 fully saturated rings. The molecule has 0 unspecified atom stereocenters. The van der Waals surface area contributed by atoms with E-state index in [1.54, 1.807) is 11.3 Å². The molecule has 0 saturated heterocycles. The Morgan fingerprint density at radius 3 is 2.44 bits per heavy atom. The predicted octanol–water partition coefficient (Wildman–Crippen LogP) is 5.52. The van der Waals surface area contributed by atoms with E-state index in [0.29, 0.717) is 0 Å². The van der Waals surface area contributed by atoms with E-state index in [0.717, 1.165) is 22.8 Å². The van der Waals surface area contributed by atoms with Crippen molar-refractivity contribution in [3.8, 4) is 22.8 Å². The Hall–Kier alpha value is -2.98. The summed E-state index contributed by atoms with van der Waals surface area (Å²) < 4.78 is 4.40. The lowest BCUT2D eigenvalue weighted by molar-refractivity contribution is 0.777. The summed E-state index contributed by atoms with van der Waals surface area (Å²) in [6.07, 6.45) is 0. The van der Waals surface area contributed by atoms with Gasteiger partial charge in [-0.25, -0.2) is 9.67 Å². The fraction of sp³-hybridized carbons (Fsp3) is 0.0476. The molecule has 0 atom stereocenters. The molecular formula is C21H15N3S. The molecule has 0 saturated carbocycles. The Balaban J connectivity index is 1.74. The Kier molecular flexibility index (Phi) is 3.18. The maximum atomic E-state index is 4.83. The standard InChI is InChI=1S/C21H15N3S/c1-24-21(14-8-3-2-4-9-14)22-20(23-24)17-12-7-11-16-15-10-5-6-13-18(15)25-19(16)17/h2-13H,1H3. The molecule has 3 aromatic carbocycles. The van der Waals surface area contributed by atoms with E-state index in [4.69, 9.17) is 4.98 Å².